The number of imidazole rings is 1. The SMILES string of the molecule is Cc1[nH]c(C2(CO)COC2)nc1C1CCCCC1. The predicted octanol–water partition coefficient (Wildman–Crippen LogP) is 2.03. The van der Waals surface area contributed by atoms with E-state index in [0.717, 1.165) is 5.82 Å². The molecule has 1 aromatic heterocycles. The van der Waals surface area contributed by atoms with E-state index in [0.29, 0.717) is 19.1 Å². The lowest BCUT2D eigenvalue weighted by Crippen LogP contribution is -2.50. The molecule has 1 saturated heterocycles. The van der Waals surface area contributed by atoms with Crippen LogP contribution in [0.2, 0.25) is 0 Å². The van der Waals surface area contributed by atoms with Gasteiger partial charge in [0.25, 0.3) is 0 Å². The van der Waals surface area contributed by atoms with Crippen molar-refractivity contribution in [3.05, 3.63) is 17.2 Å². The number of nitrogens with one attached hydrogen (secondary N) is 1. The number of aromatic amines is 1. The van der Waals surface area contributed by atoms with Crippen LogP contribution in [0, 0.1) is 6.92 Å². The van der Waals surface area contributed by atoms with Crippen molar-refractivity contribution >= 4 is 0 Å². The Morgan fingerprint density at radius 2 is 2.06 bits per heavy atom. The number of H-pyrrole nitrogens is 1. The van der Waals surface area contributed by atoms with Crippen LogP contribution < -0.4 is 0 Å². The number of aliphatic hydroxyl groups excluding tert-OH is 1. The Hall–Kier alpha value is -0.870. The lowest BCUT2D eigenvalue weighted by molar-refractivity contribution is -0.0881. The van der Waals surface area contributed by atoms with Crippen LogP contribution in [0.3, 0.4) is 0 Å². The van der Waals surface area contributed by atoms with E-state index < -0.39 is 0 Å². The molecule has 1 aliphatic carbocycles. The fourth-order valence-electron chi connectivity index (χ4n) is 3.15. The van der Waals surface area contributed by atoms with Crippen molar-refractivity contribution in [1.82, 2.24) is 9.97 Å². The summed E-state index contributed by atoms with van der Waals surface area (Å²) >= 11 is 0. The Morgan fingerprint density at radius 1 is 1.33 bits per heavy atom. The van der Waals surface area contributed by atoms with Crippen LogP contribution >= 0.6 is 0 Å². The van der Waals surface area contributed by atoms with E-state index in [2.05, 4.69) is 11.9 Å². The highest BCUT2D eigenvalue weighted by molar-refractivity contribution is 5.24. The minimum absolute atomic E-state index is 0.115. The summed E-state index contributed by atoms with van der Waals surface area (Å²) in [6.45, 7) is 3.39. The lowest BCUT2D eigenvalue weighted by Gasteiger charge is -2.37. The Morgan fingerprint density at radius 3 is 2.61 bits per heavy atom. The van der Waals surface area contributed by atoms with Crippen molar-refractivity contribution in [2.24, 2.45) is 0 Å². The van der Waals surface area contributed by atoms with E-state index in [1.807, 2.05) is 0 Å². The van der Waals surface area contributed by atoms with E-state index in [4.69, 9.17) is 9.72 Å². The highest BCUT2D eigenvalue weighted by Gasteiger charge is 2.43. The minimum Gasteiger partial charge on any atom is -0.395 e. The van der Waals surface area contributed by atoms with E-state index in [9.17, 15) is 5.11 Å². The van der Waals surface area contributed by atoms with Crippen LogP contribution in [0.5, 0.6) is 0 Å². The van der Waals surface area contributed by atoms with Crippen molar-refractivity contribution in [3.63, 3.8) is 0 Å². The van der Waals surface area contributed by atoms with Crippen molar-refractivity contribution < 1.29 is 9.84 Å². The maximum absolute atomic E-state index is 9.56. The third kappa shape index (κ3) is 1.88. The highest BCUT2D eigenvalue weighted by atomic mass is 16.5. The minimum atomic E-state index is -0.266. The Kier molecular flexibility index (Phi) is 3.16. The fraction of sp³-hybridized carbons (Fsp3) is 0.786. The average molecular weight is 250 g/mol. The van der Waals surface area contributed by atoms with Crippen molar-refractivity contribution in [3.8, 4) is 0 Å². The van der Waals surface area contributed by atoms with E-state index in [-0.39, 0.29) is 12.0 Å². The molecule has 4 heteroatoms. The van der Waals surface area contributed by atoms with Crippen LogP contribution in [-0.4, -0.2) is 34.9 Å². The summed E-state index contributed by atoms with van der Waals surface area (Å²) in [6, 6.07) is 0. The fourth-order valence-corrected chi connectivity index (χ4v) is 3.15. The van der Waals surface area contributed by atoms with Gasteiger partial charge in [-0.3, -0.25) is 0 Å². The molecule has 2 aliphatic rings. The summed E-state index contributed by atoms with van der Waals surface area (Å²) in [4.78, 5) is 8.19. The van der Waals surface area contributed by atoms with Crippen LogP contribution in [0.1, 0.15) is 55.2 Å². The standard InChI is InChI=1S/C14H22N2O2/c1-10-12(11-5-3-2-4-6-11)16-13(15-10)14(7-17)8-18-9-14/h11,17H,2-9H2,1H3,(H,15,16). The topological polar surface area (TPSA) is 58.1 Å². The number of hydrogen-bond donors (Lipinski definition) is 2. The van der Waals surface area contributed by atoms with Crippen molar-refractivity contribution in [1.29, 1.82) is 0 Å². The van der Waals surface area contributed by atoms with Gasteiger partial charge in [-0.25, -0.2) is 4.98 Å². The first kappa shape index (κ1) is 12.2. The van der Waals surface area contributed by atoms with Gasteiger partial charge in [0.05, 0.1) is 30.9 Å². The molecule has 18 heavy (non-hydrogen) atoms. The van der Waals surface area contributed by atoms with E-state index in [1.54, 1.807) is 0 Å². The first-order valence-corrected chi connectivity index (χ1v) is 7.01. The maximum Gasteiger partial charge on any atom is 0.119 e. The van der Waals surface area contributed by atoms with Crippen molar-refractivity contribution in [2.45, 2.75) is 50.4 Å². The molecule has 0 atom stereocenters. The number of aromatic nitrogens is 2. The summed E-state index contributed by atoms with van der Waals surface area (Å²) in [5, 5.41) is 9.56. The van der Waals surface area contributed by atoms with Crippen molar-refractivity contribution in [2.75, 3.05) is 19.8 Å². The molecule has 0 spiro atoms. The quantitative estimate of drug-likeness (QED) is 0.863. The molecule has 1 aromatic rings. The third-order valence-corrected chi connectivity index (χ3v) is 4.48. The maximum atomic E-state index is 9.56. The second-order valence-corrected chi connectivity index (χ2v) is 5.86. The molecule has 100 valence electrons. The van der Waals surface area contributed by atoms with Gasteiger partial charge in [-0.1, -0.05) is 19.3 Å². The second kappa shape index (κ2) is 4.67. The molecule has 0 bridgehead atoms. The zero-order valence-electron chi connectivity index (χ0n) is 11.0. The molecular weight excluding hydrogens is 228 g/mol. The molecule has 3 rings (SSSR count). The molecule has 1 aliphatic heterocycles. The summed E-state index contributed by atoms with van der Waals surface area (Å²) in [5.74, 6) is 1.54. The van der Waals surface area contributed by atoms with Crippen LogP contribution in [0.15, 0.2) is 0 Å². The molecule has 2 fully saturated rings. The molecule has 0 radical (unpaired) electrons. The summed E-state index contributed by atoms with van der Waals surface area (Å²) < 4.78 is 5.26. The highest BCUT2D eigenvalue weighted by Crippen LogP contribution is 2.36. The lowest BCUT2D eigenvalue weighted by atomic mass is 9.85. The monoisotopic (exact) mass is 250 g/mol. The molecule has 2 heterocycles. The smallest absolute Gasteiger partial charge is 0.119 e. The number of aryl methyl sites for hydroxylation is 1. The van der Waals surface area contributed by atoms with Gasteiger partial charge in [0.1, 0.15) is 5.82 Å². The molecule has 0 amide bonds. The van der Waals surface area contributed by atoms with Crippen LogP contribution in [-0.2, 0) is 10.2 Å². The Bertz CT molecular complexity index is 412. The van der Waals surface area contributed by atoms with Gasteiger partial charge >= 0.3 is 0 Å². The zero-order chi connectivity index (χ0) is 12.6. The number of hydrogen-bond acceptors (Lipinski definition) is 3. The number of aliphatic hydroxyl groups is 1. The van der Waals surface area contributed by atoms with Gasteiger partial charge in [-0.05, 0) is 19.8 Å². The molecule has 1 saturated carbocycles. The Labute approximate surface area is 108 Å². The second-order valence-electron chi connectivity index (χ2n) is 5.86. The van der Waals surface area contributed by atoms with Gasteiger partial charge in [0, 0.05) is 11.6 Å². The summed E-state index contributed by atoms with van der Waals surface area (Å²) in [6.07, 6.45) is 6.52. The molecule has 0 aromatic carbocycles. The third-order valence-electron chi connectivity index (χ3n) is 4.48. The van der Waals surface area contributed by atoms with E-state index in [1.165, 1.54) is 43.5 Å². The molecule has 2 N–H and O–H groups in total. The van der Waals surface area contributed by atoms with Crippen LogP contribution in [0.25, 0.3) is 0 Å². The van der Waals surface area contributed by atoms with Gasteiger partial charge < -0.3 is 14.8 Å². The molecule has 0 unspecified atom stereocenters. The van der Waals surface area contributed by atoms with E-state index >= 15 is 0 Å². The summed E-state index contributed by atoms with van der Waals surface area (Å²) in [5.41, 5.74) is 2.14. The Balaban J connectivity index is 1.85. The van der Waals surface area contributed by atoms with Gasteiger partial charge in [0.15, 0.2) is 0 Å². The number of ether oxygens (including phenoxy) is 1. The first-order valence-electron chi connectivity index (χ1n) is 7.01. The molecular formula is C14H22N2O2. The van der Waals surface area contributed by atoms with Crippen LogP contribution in [0.4, 0.5) is 0 Å². The first-order chi connectivity index (χ1) is 8.75. The normalized spacial score (nSPS) is 23.9. The largest absolute Gasteiger partial charge is 0.395 e. The number of rotatable bonds is 3. The zero-order valence-corrected chi connectivity index (χ0v) is 11.0. The predicted molar refractivity (Wildman–Crippen MR) is 68.7 cm³/mol. The molecule has 4 nitrogen and oxygen atoms in total. The summed E-state index contributed by atoms with van der Waals surface area (Å²) in [7, 11) is 0. The number of nitrogens with zero attached hydrogens (tertiary/aromatic N) is 1. The van der Waals surface area contributed by atoms with Gasteiger partial charge in [-0.15, -0.1) is 0 Å². The average Bonchev–Trinajstić information content (AvgIpc) is 2.72. The van der Waals surface area contributed by atoms with Gasteiger partial charge in [-0.2, -0.15) is 0 Å². The van der Waals surface area contributed by atoms with Gasteiger partial charge in [0.2, 0.25) is 0 Å².